The lowest BCUT2D eigenvalue weighted by Gasteiger charge is -2.14. The number of nitrogens with zero attached hydrogens (tertiary/aromatic N) is 2. The van der Waals surface area contributed by atoms with Gasteiger partial charge in [0.25, 0.3) is 5.56 Å². The van der Waals surface area contributed by atoms with Crippen LogP contribution < -0.4 is 10.3 Å². The lowest BCUT2D eigenvalue weighted by atomic mass is 10.2. The van der Waals surface area contributed by atoms with Gasteiger partial charge >= 0.3 is 0 Å². The summed E-state index contributed by atoms with van der Waals surface area (Å²) in [6.07, 6.45) is 2.92. The minimum absolute atomic E-state index is 0.0901. The summed E-state index contributed by atoms with van der Waals surface area (Å²) in [5.74, 6) is 0.621. The fourth-order valence-corrected chi connectivity index (χ4v) is 1.50. The summed E-state index contributed by atoms with van der Waals surface area (Å²) in [7, 11) is 0. The van der Waals surface area contributed by atoms with Crippen LogP contribution >= 0.6 is 0 Å². The lowest BCUT2D eigenvalue weighted by Crippen LogP contribution is -2.15. The average molecular weight is 241 g/mol. The van der Waals surface area contributed by atoms with Crippen LogP contribution in [-0.4, -0.2) is 9.97 Å². The number of H-pyrrole nitrogens is 1. The molecule has 2 aromatic heterocycles. The van der Waals surface area contributed by atoms with E-state index in [1.54, 1.807) is 30.6 Å². The van der Waals surface area contributed by atoms with Crippen molar-refractivity contribution in [3.63, 3.8) is 0 Å². The van der Waals surface area contributed by atoms with Crippen LogP contribution in [0.4, 0.5) is 0 Å². The van der Waals surface area contributed by atoms with Gasteiger partial charge in [0.15, 0.2) is 0 Å². The Morgan fingerprint density at radius 1 is 1.44 bits per heavy atom. The number of rotatable bonds is 3. The van der Waals surface area contributed by atoms with E-state index >= 15 is 0 Å². The molecular formula is C13H11N3O2. The van der Waals surface area contributed by atoms with Crippen molar-refractivity contribution >= 4 is 0 Å². The van der Waals surface area contributed by atoms with Crippen LogP contribution in [0.3, 0.4) is 0 Å². The first-order chi connectivity index (χ1) is 8.70. The van der Waals surface area contributed by atoms with Gasteiger partial charge in [0, 0.05) is 6.20 Å². The highest BCUT2D eigenvalue weighted by Gasteiger charge is 2.09. The second-order valence-corrected chi connectivity index (χ2v) is 3.72. The van der Waals surface area contributed by atoms with Gasteiger partial charge in [0.2, 0.25) is 0 Å². The molecule has 0 saturated carbocycles. The van der Waals surface area contributed by atoms with Crippen molar-refractivity contribution in [1.82, 2.24) is 9.97 Å². The van der Waals surface area contributed by atoms with Gasteiger partial charge in [-0.05, 0) is 31.2 Å². The number of hydrogen-bond donors (Lipinski definition) is 1. The van der Waals surface area contributed by atoms with Crippen LogP contribution in [-0.2, 0) is 0 Å². The Morgan fingerprint density at radius 2 is 2.28 bits per heavy atom. The monoisotopic (exact) mass is 241 g/mol. The van der Waals surface area contributed by atoms with Gasteiger partial charge in [0.05, 0.1) is 11.9 Å². The van der Waals surface area contributed by atoms with E-state index in [-0.39, 0.29) is 11.7 Å². The molecule has 0 bridgehead atoms. The molecule has 2 aromatic rings. The van der Waals surface area contributed by atoms with Crippen molar-refractivity contribution in [1.29, 1.82) is 5.26 Å². The SMILES string of the molecule is C[C@@H](Oc1cccnc1)c1ccc(C#N)c(=O)[nH]1. The van der Waals surface area contributed by atoms with E-state index in [1.807, 2.05) is 13.0 Å². The first-order valence-corrected chi connectivity index (χ1v) is 5.40. The minimum Gasteiger partial charge on any atom is -0.483 e. The predicted molar refractivity (Wildman–Crippen MR) is 65.1 cm³/mol. The first-order valence-electron chi connectivity index (χ1n) is 5.40. The van der Waals surface area contributed by atoms with Crippen LogP contribution in [0.1, 0.15) is 24.3 Å². The molecule has 5 heteroatoms. The summed E-state index contributed by atoms with van der Waals surface area (Å²) in [6, 6.07) is 8.52. The zero-order chi connectivity index (χ0) is 13.0. The third-order valence-corrected chi connectivity index (χ3v) is 2.44. The Labute approximate surface area is 104 Å². The van der Waals surface area contributed by atoms with Gasteiger partial charge in [0.1, 0.15) is 23.5 Å². The lowest BCUT2D eigenvalue weighted by molar-refractivity contribution is 0.221. The van der Waals surface area contributed by atoms with Crippen LogP contribution in [0.25, 0.3) is 0 Å². The fraction of sp³-hybridized carbons (Fsp3) is 0.154. The average Bonchev–Trinajstić information content (AvgIpc) is 2.39. The highest BCUT2D eigenvalue weighted by Crippen LogP contribution is 2.18. The van der Waals surface area contributed by atoms with E-state index in [9.17, 15) is 4.79 Å². The van der Waals surface area contributed by atoms with E-state index in [0.29, 0.717) is 11.4 Å². The minimum atomic E-state index is -0.406. The molecule has 0 aliphatic carbocycles. The highest BCUT2D eigenvalue weighted by molar-refractivity contribution is 5.27. The zero-order valence-corrected chi connectivity index (χ0v) is 9.75. The van der Waals surface area contributed by atoms with Gasteiger partial charge < -0.3 is 9.72 Å². The molecule has 2 rings (SSSR count). The van der Waals surface area contributed by atoms with Crippen LogP contribution in [0.15, 0.2) is 41.5 Å². The predicted octanol–water partition coefficient (Wildman–Crippen LogP) is 1.78. The largest absolute Gasteiger partial charge is 0.483 e. The number of nitriles is 1. The van der Waals surface area contributed by atoms with Crippen LogP contribution in [0, 0.1) is 11.3 Å². The van der Waals surface area contributed by atoms with Crippen molar-refractivity contribution in [2.45, 2.75) is 13.0 Å². The van der Waals surface area contributed by atoms with Gasteiger partial charge in [-0.25, -0.2) is 0 Å². The Hall–Kier alpha value is -2.61. The normalized spacial score (nSPS) is 11.6. The van der Waals surface area contributed by atoms with Crippen molar-refractivity contribution in [3.05, 3.63) is 58.3 Å². The molecule has 0 aliphatic heterocycles. The Balaban J connectivity index is 2.20. The topological polar surface area (TPSA) is 78.8 Å². The maximum atomic E-state index is 11.5. The van der Waals surface area contributed by atoms with E-state index in [4.69, 9.17) is 10.00 Å². The molecule has 0 spiro atoms. The Bertz CT molecular complexity index is 629. The molecule has 0 radical (unpaired) electrons. The summed E-state index contributed by atoms with van der Waals surface area (Å²) in [6.45, 7) is 1.81. The summed E-state index contributed by atoms with van der Waals surface area (Å²) < 4.78 is 5.61. The van der Waals surface area contributed by atoms with Crippen molar-refractivity contribution in [2.75, 3.05) is 0 Å². The van der Waals surface area contributed by atoms with E-state index in [0.717, 1.165) is 0 Å². The molecule has 18 heavy (non-hydrogen) atoms. The van der Waals surface area contributed by atoms with Gasteiger partial charge in [-0.3, -0.25) is 9.78 Å². The molecule has 2 heterocycles. The van der Waals surface area contributed by atoms with Gasteiger partial charge in [-0.15, -0.1) is 0 Å². The molecule has 1 atom stereocenters. The van der Waals surface area contributed by atoms with Crippen LogP contribution in [0.2, 0.25) is 0 Å². The number of ether oxygens (including phenoxy) is 1. The van der Waals surface area contributed by atoms with E-state index in [2.05, 4.69) is 9.97 Å². The molecule has 0 fully saturated rings. The standard InChI is InChI=1S/C13H11N3O2/c1-9(18-11-3-2-6-15-8-11)12-5-4-10(7-14)13(17)16-12/h2-6,8-9H,1H3,(H,16,17)/t9-/m1/s1. The maximum absolute atomic E-state index is 11.5. The smallest absolute Gasteiger partial charge is 0.266 e. The molecular weight excluding hydrogens is 230 g/mol. The van der Waals surface area contributed by atoms with E-state index < -0.39 is 5.56 Å². The first kappa shape index (κ1) is 11.9. The summed E-state index contributed by atoms with van der Waals surface area (Å²) in [5.41, 5.74) is 0.298. The molecule has 0 aliphatic rings. The molecule has 0 amide bonds. The zero-order valence-electron chi connectivity index (χ0n) is 9.75. The number of aromatic nitrogens is 2. The molecule has 5 nitrogen and oxygen atoms in total. The highest BCUT2D eigenvalue weighted by atomic mass is 16.5. The number of nitrogens with one attached hydrogen (secondary N) is 1. The third kappa shape index (κ3) is 2.55. The summed E-state index contributed by atoms with van der Waals surface area (Å²) in [5, 5.41) is 8.67. The molecule has 0 aromatic carbocycles. The van der Waals surface area contributed by atoms with Crippen molar-refractivity contribution in [3.8, 4) is 11.8 Å². The molecule has 1 N–H and O–H groups in total. The van der Waals surface area contributed by atoms with Gasteiger partial charge in [-0.1, -0.05) is 0 Å². The molecule has 0 saturated heterocycles. The van der Waals surface area contributed by atoms with Crippen LogP contribution in [0.5, 0.6) is 5.75 Å². The number of hydrogen-bond acceptors (Lipinski definition) is 4. The van der Waals surface area contributed by atoms with Crippen molar-refractivity contribution in [2.24, 2.45) is 0 Å². The van der Waals surface area contributed by atoms with Gasteiger partial charge in [-0.2, -0.15) is 5.26 Å². The second kappa shape index (κ2) is 5.15. The molecule has 0 unspecified atom stereocenters. The quantitative estimate of drug-likeness (QED) is 0.888. The number of pyridine rings is 2. The summed E-state index contributed by atoms with van der Waals surface area (Å²) >= 11 is 0. The summed E-state index contributed by atoms with van der Waals surface area (Å²) in [4.78, 5) is 18.0. The third-order valence-electron chi connectivity index (χ3n) is 2.44. The maximum Gasteiger partial charge on any atom is 0.266 e. The Morgan fingerprint density at radius 3 is 2.89 bits per heavy atom. The van der Waals surface area contributed by atoms with Crippen molar-refractivity contribution < 1.29 is 4.74 Å². The Kier molecular flexibility index (Phi) is 3.39. The number of aromatic amines is 1. The second-order valence-electron chi connectivity index (χ2n) is 3.72. The molecule has 90 valence electrons. The van der Waals surface area contributed by atoms with E-state index in [1.165, 1.54) is 6.07 Å². The fourth-order valence-electron chi connectivity index (χ4n) is 1.50.